The number of nitrogens with zero attached hydrogens (tertiary/aromatic N) is 3. The largest absolute Gasteiger partial charge is 0.334 e. The van der Waals surface area contributed by atoms with Crippen LogP contribution in [0.3, 0.4) is 0 Å². The first-order valence-electron chi connectivity index (χ1n) is 10.3. The topological polar surface area (TPSA) is 66.7 Å². The first kappa shape index (κ1) is 20.8. The molecule has 29 heavy (non-hydrogen) atoms. The Morgan fingerprint density at radius 1 is 0.931 bits per heavy atom. The minimum absolute atomic E-state index is 0.496. The molecule has 1 aromatic heterocycles. The van der Waals surface area contributed by atoms with E-state index in [4.69, 9.17) is 0 Å². The lowest BCUT2D eigenvalue weighted by atomic mass is 10.1. The lowest BCUT2D eigenvalue weighted by molar-refractivity contribution is -0.145. The molecule has 0 atom stereocenters. The smallest absolute Gasteiger partial charge is 0.329 e. The van der Waals surface area contributed by atoms with Crippen LogP contribution in [0.5, 0.6) is 0 Å². The Balaban J connectivity index is 1.71. The van der Waals surface area contributed by atoms with Gasteiger partial charge in [0.15, 0.2) is 0 Å². The SMILES string of the molecule is Cc1cc(C)cc(-n2c(C)cc(/C=N\NC(=O)C(=O)N3CCCCCC3)c2C)c1. The highest BCUT2D eigenvalue weighted by Crippen LogP contribution is 2.21. The Labute approximate surface area is 172 Å². The summed E-state index contributed by atoms with van der Waals surface area (Å²) in [6.45, 7) is 9.54. The molecule has 6 heteroatoms. The maximum atomic E-state index is 12.3. The van der Waals surface area contributed by atoms with Crippen molar-refractivity contribution in [3.05, 3.63) is 52.3 Å². The number of amides is 2. The number of aryl methyl sites for hydroxylation is 3. The third-order valence-electron chi connectivity index (χ3n) is 5.39. The van der Waals surface area contributed by atoms with Crippen LogP contribution >= 0.6 is 0 Å². The summed E-state index contributed by atoms with van der Waals surface area (Å²) >= 11 is 0. The number of carbonyl (C=O) groups excluding carboxylic acids is 2. The van der Waals surface area contributed by atoms with Crippen molar-refractivity contribution in [2.75, 3.05) is 13.1 Å². The lowest BCUT2D eigenvalue weighted by Gasteiger charge is -2.18. The molecule has 0 radical (unpaired) electrons. The number of rotatable bonds is 3. The van der Waals surface area contributed by atoms with E-state index in [1.165, 1.54) is 11.1 Å². The van der Waals surface area contributed by atoms with Gasteiger partial charge in [-0.25, -0.2) is 5.43 Å². The number of hydrogen-bond acceptors (Lipinski definition) is 3. The zero-order valence-corrected chi connectivity index (χ0v) is 17.8. The fraction of sp³-hybridized carbons (Fsp3) is 0.435. The van der Waals surface area contributed by atoms with Crippen molar-refractivity contribution >= 4 is 18.0 Å². The van der Waals surface area contributed by atoms with Gasteiger partial charge in [0.05, 0.1) is 6.21 Å². The van der Waals surface area contributed by atoms with Crippen molar-refractivity contribution < 1.29 is 9.59 Å². The second-order valence-electron chi connectivity index (χ2n) is 7.91. The summed E-state index contributed by atoms with van der Waals surface area (Å²) in [6.07, 6.45) is 5.73. The average molecular weight is 395 g/mol. The van der Waals surface area contributed by atoms with E-state index in [0.717, 1.165) is 48.3 Å². The fourth-order valence-corrected chi connectivity index (χ4v) is 4.02. The normalized spacial score (nSPS) is 14.8. The number of likely N-dealkylation sites (tertiary alicyclic amines) is 1. The van der Waals surface area contributed by atoms with Crippen LogP contribution in [0.1, 0.15) is 53.8 Å². The Kier molecular flexibility index (Phi) is 6.52. The summed E-state index contributed by atoms with van der Waals surface area (Å²) in [5, 5.41) is 4.04. The number of nitrogens with one attached hydrogen (secondary N) is 1. The molecule has 0 saturated carbocycles. The van der Waals surface area contributed by atoms with Crippen LogP contribution in [0.25, 0.3) is 5.69 Å². The van der Waals surface area contributed by atoms with Crippen molar-refractivity contribution in [1.82, 2.24) is 14.9 Å². The highest BCUT2D eigenvalue weighted by molar-refractivity contribution is 6.35. The van der Waals surface area contributed by atoms with Crippen molar-refractivity contribution in [3.8, 4) is 5.69 Å². The molecule has 0 bridgehead atoms. The van der Waals surface area contributed by atoms with Crippen molar-refractivity contribution in [2.45, 2.75) is 53.4 Å². The van der Waals surface area contributed by atoms with Gasteiger partial charge in [-0.3, -0.25) is 9.59 Å². The molecule has 6 nitrogen and oxygen atoms in total. The Morgan fingerprint density at radius 3 is 2.17 bits per heavy atom. The maximum absolute atomic E-state index is 12.3. The average Bonchev–Trinajstić information content (AvgIpc) is 2.84. The summed E-state index contributed by atoms with van der Waals surface area (Å²) in [4.78, 5) is 26.1. The Morgan fingerprint density at radius 2 is 1.55 bits per heavy atom. The van der Waals surface area contributed by atoms with Crippen molar-refractivity contribution in [1.29, 1.82) is 0 Å². The van der Waals surface area contributed by atoms with E-state index in [9.17, 15) is 9.59 Å². The molecule has 2 aromatic rings. The molecule has 1 fully saturated rings. The summed E-state index contributed by atoms with van der Waals surface area (Å²) in [6, 6.07) is 8.47. The summed E-state index contributed by atoms with van der Waals surface area (Å²) in [7, 11) is 0. The van der Waals surface area contributed by atoms with Crippen LogP contribution in [0.4, 0.5) is 0 Å². The second kappa shape index (κ2) is 9.07. The van der Waals surface area contributed by atoms with Gasteiger partial charge in [-0.1, -0.05) is 18.9 Å². The predicted molar refractivity (Wildman–Crippen MR) is 116 cm³/mol. The minimum Gasteiger partial charge on any atom is -0.334 e. The first-order chi connectivity index (χ1) is 13.9. The highest BCUT2D eigenvalue weighted by Gasteiger charge is 2.22. The van der Waals surface area contributed by atoms with Gasteiger partial charge in [0, 0.05) is 35.7 Å². The number of hydrazone groups is 1. The molecule has 1 aliphatic rings. The second-order valence-corrected chi connectivity index (χ2v) is 7.91. The molecule has 2 amide bonds. The van der Waals surface area contributed by atoms with E-state index >= 15 is 0 Å². The van der Waals surface area contributed by atoms with E-state index in [1.807, 2.05) is 19.9 Å². The van der Waals surface area contributed by atoms with Crippen molar-refractivity contribution in [3.63, 3.8) is 0 Å². The molecule has 3 rings (SSSR count). The van der Waals surface area contributed by atoms with E-state index < -0.39 is 11.8 Å². The van der Waals surface area contributed by atoms with E-state index in [1.54, 1.807) is 11.1 Å². The van der Waals surface area contributed by atoms with Crippen LogP contribution in [0.15, 0.2) is 29.4 Å². The number of benzene rings is 1. The molecule has 1 aromatic carbocycles. The summed E-state index contributed by atoms with van der Waals surface area (Å²) in [5.74, 6) is -1.17. The monoisotopic (exact) mass is 394 g/mol. The molecule has 2 heterocycles. The van der Waals surface area contributed by atoms with Gasteiger partial charge in [0.2, 0.25) is 0 Å². The summed E-state index contributed by atoms with van der Waals surface area (Å²) < 4.78 is 2.17. The third kappa shape index (κ3) is 4.94. The van der Waals surface area contributed by atoms with Gasteiger partial charge < -0.3 is 9.47 Å². The van der Waals surface area contributed by atoms with E-state index in [-0.39, 0.29) is 0 Å². The van der Waals surface area contributed by atoms with Crippen LogP contribution in [-0.2, 0) is 9.59 Å². The molecule has 1 saturated heterocycles. The maximum Gasteiger partial charge on any atom is 0.329 e. The van der Waals surface area contributed by atoms with Gasteiger partial charge in [-0.2, -0.15) is 5.10 Å². The zero-order chi connectivity index (χ0) is 21.0. The highest BCUT2D eigenvalue weighted by atomic mass is 16.2. The molecule has 0 aliphatic carbocycles. The lowest BCUT2D eigenvalue weighted by Crippen LogP contribution is -2.41. The minimum atomic E-state index is -0.675. The van der Waals surface area contributed by atoms with E-state index in [0.29, 0.717) is 13.1 Å². The van der Waals surface area contributed by atoms with E-state index in [2.05, 4.69) is 47.1 Å². The van der Waals surface area contributed by atoms with Gasteiger partial charge in [0.1, 0.15) is 0 Å². The standard InChI is InChI=1S/C23H30N4O2/c1-16-11-17(2)13-21(12-16)27-18(3)14-20(19(27)4)15-24-25-22(28)23(29)26-9-7-5-6-8-10-26/h11-15H,5-10H2,1-4H3,(H,25,28)/b24-15-. The molecule has 154 valence electrons. The predicted octanol–water partition coefficient (Wildman–Crippen LogP) is 3.56. The number of hydrogen-bond donors (Lipinski definition) is 1. The molecule has 0 spiro atoms. The van der Waals surface area contributed by atoms with Crippen LogP contribution in [-0.4, -0.2) is 40.6 Å². The third-order valence-corrected chi connectivity index (χ3v) is 5.39. The molecule has 1 aliphatic heterocycles. The van der Waals surface area contributed by atoms with Crippen LogP contribution in [0, 0.1) is 27.7 Å². The van der Waals surface area contributed by atoms with Crippen molar-refractivity contribution in [2.24, 2.45) is 5.10 Å². The first-order valence-corrected chi connectivity index (χ1v) is 10.3. The molecule has 0 unspecified atom stereocenters. The summed E-state index contributed by atoms with van der Waals surface area (Å²) in [5.41, 5.74) is 8.94. The van der Waals surface area contributed by atoms with Gasteiger partial charge in [0.25, 0.3) is 0 Å². The molecular formula is C23H30N4O2. The van der Waals surface area contributed by atoms with Gasteiger partial charge >= 0.3 is 11.8 Å². The Bertz CT molecular complexity index is 914. The van der Waals surface area contributed by atoms with Gasteiger partial charge in [-0.05, 0) is 69.9 Å². The van der Waals surface area contributed by atoms with Gasteiger partial charge in [-0.15, -0.1) is 0 Å². The molecular weight excluding hydrogens is 364 g/mol. The number of aromatic nitrogens is 1. The Hall–Kier alpha value is -2.89. The quantitative estimate of drug-likeness (QED) is 0.491. The zero-order valence-electron chi connectivity index (χ0n) is 17.8. The fourth-order valence-electron chi connectivity index (χ4n) is 4.02. The van der Waals surface area contributed by atoms with Crippen LogP contribution in [0.2, 0.25) is 0 Å². The van der Waals surface area contributed by atoms with Crippen LogP contribution < -0.4 is 5.43 Å². The molecule has 1 N–H and O–H groups in total. The number of carbonyl (C=O) groups is 2.